The van der Waals surface area contributed by atoms with Gasteiger partial charge in [0.2, 0.25) is 0 Å². The first-order chi connectivity index (χ1) is 5.06. The van der Waals surface area contributed by atoms with Crippen LogP contribution >= 0.6 is 21.6 Å². The lowest BCUT2D eigenvalue weighted by Crippen LogP contribution is -2.05. The van der Waals surface area contributed by atoms with Crippen LogP contribution < -0.4 is 0 Å². The number of hydrogen-bond acceptors (Lipinski definition) is 3. The molecule has 0 heterocycles. The standard InChI is InChI=1S/C8H18OS2/c1-8(2,3)4-6-10-11-7-5-9/h9H,4-7H2,1-3H3. The summed E-state index contributed by atoms with van der Waals surface area (Å²) in [4.78, 5) is 0. The van der Waals surface area contributed by atoms with Crippen LogP contribution in [0, 0.1) is 5.41 Å². The molecule has 0 aliphatic carbocycles. The second-order valence-corrected chi connectivity index (χ2v) is 6.38. The first kappa shape index (κ1) is 11.7. The maximum Gasteiger partial charge on any atom is 0.0530 e. The van der Waals surface area contributed by atoms with Crippen LogP contribution in [0.1, 0.15) is 27.2 Å². The van der Waals surface area contributed by atoms with E-state index in [1.165, 1.54) is 12.2 Å². The van der Waals surface area contributed by atoms with Crippen LogP contribution in [0.15, 0.2) is 0 Å². The summed E-state index contributed by atoms with van der Waals surface area (Å²) in [6, 6.07) is 0. The van der Waals surface area contributed by atoms with Gasteiger partial charge in [0.15, 0.2) is 0 Å². The molecule has 0 saturated carbocycles. The molecule has 0 aliphatic heterocycles. The third-order valence-corrected chi connectivity index (χ3v) is 3.58. The Morgan fingerprint density at radius 1 is 1.09 bits per heavy atom. The second-order valence-electron chi connectivity index (χ2n) is 3.68. The van der Waals surface area contributed by atoms with Gasteiger partial charge in [0.25, 0.3) is 0 Å². The van der Waals surface area contributed by atoms with Crippen molar-refractivity contribution in [1.82, 2.24) is 0 Å². The van der Waals surface area contributed by atoms with E-state index in [2.05, 4.69) is 20.8 Å². The van der Waals surface area contributed by atoms with Crippen molar-refractivity contribution in [3.8, 4) is 0 Å². The van der Waals surface area contributed by atoms with Crippen LogP contribution in [-0.2, 0) is 0 Å². The molecule has 0 aromatic carbocycles. The van der Waals surface area contributed by atoms with Crippen molar-refractivity contribution in [2.75, 3.05) is 18.1 Å². The monoisotopic (exact) mass is 194 g/mol. The maximum absolute atomic E-state index is 8.49. The molecule has 0 unspecified atom stereocenters. The fourth-order valence-corrected chi connectivity index (χ4v) is 2.69. The number of rotatable bonds is 5. The van der Waals surface area contributed by atoms with Gasteiger partial charge in [-0.2, -0.15) is 0 Å². The summed E-state index contributed by atoms with van der Waals surface area (Å²) in [6.45, 7) is 7.06. The lowest BCUT2D eigenvalue weighted by atomic mass is 9.94. The van der Waals surface area contributed by atoms with E-state index < -0.39 is 0 Å². The summed E-state index contributed by atoms with van der Waals surface area (Å²) < 4.78 is 0. The van der Waals surface area contributed by atoms with Crippen molar-refractivity contribution in [2.45, 2.75) is 27.2 Å². The molecule has 68 valence electrons. The fraction of sp³-hybridized carbons (Fsp3) is 1.00. The average molecular weight is 194 g/mol. The van der Waals surface area contributed by atoms with E-state index in [1.807, 2.05) is 10.8 Å². The Hall–Kier alpha value is 0.660. The van der Waals surface area contributed by atoms with Crippen molar-refractivity contribution >= 4 is 21.6 Å². The molecule has 0 aliphatic rings. The topological polar surface area (TPSA) is 20.2 Å². The first-order valence-electron chi connectivity index (χ1n) is 3.91. The molecule has 0 saturated heterocycles. The zero-order valence-electron chi connectivity index (χ0n) is 7.59. The number of aliphatic hydroxyl groups excluding tert-OH is 1. The zero-order chi connectivity index (χ0) is 8.74. The highest BCUT2D eigenvalue weighted by Gasteiger charge is 2.08. The maximum atomic E-state index is 8.49. The minimum absolute atomic E-state index is 0.299. The van der Waals surface area contributed by atoms with E-state index in [1.54, 1.807) is 10.8 Å². The molecular weight excluding hydrogens is 176 g/mol. The van der Waals surface area contributed by atoms with E-state index in [0.29, 0.717) is 12.0 Å². The molecular formula is C8H18OS2. The van der Waals surface area contributed by atoms with Crippen LogP contribution in [-0.4, -0.2) is 23.2 Å². The highest BCUT2D eigenvalue weighted by molar-refractivity contribution is 8.76. The largest absolute Gasteiger partial charge is 0.395 e. The molecule has 0 bridgehead atoms. The summed E-state index contributed by atoms with van der Waals surface area (Å²) in [7, 11) is 3.62. The summed E-state index contributed by atoms with van der Waals surface area (Å²) in [5, 5.41) is 8.49. The van der Waals surface area contributed by atoms with E-state index in [-0.39, 0.29) is 0 Å². The van der Waals surface area contributed by atoms with Gasteiger partial charge >= 0.3 is 0 Å². The lowest BCUT2D eigenvalue weighted by molar-refractivity contribution is 0.323. The molecule has 0 radical (unpaired) electrons. The number of hydrogen-bond donors (Lipinski definition) is 1. The van der Waals surface area contributed by atoms with Crippen molar-refractivity contribution < 1.29 is 5.11 Å². The van der Waals surface area contributed by atoms with E-state index in [9.17, 15) is 0 Å². The van der Waals surface area contributed by atoms with Crippen LogP contribution in [0.25, 0.3) is 0 Å². The van der Waals surface area contributed by atoms with E-state index >= 15 is 0 Å². The molecule has 1 nitrogen and oxygen atoms in total. The molecule has 11 heavy (non-hydrogen) atoms. The summed E-state index contributed by atoms with van der Waals surface area (Å²) in [6.07, 6.45) is 1.25. The van der Waals surface area contributed by atoms with Gasteiger partial charge < -0.3 is 5.11 Å². The second kappa shape index (κ2) is 6.21. The van der Waals surface area contributed by atoms with Gasteiger partial charge in [-0.25, -0.2) is 0 Å². The van der Waals surface area contributed by atoms with Gasteiger partial charge in [0, 0.05) is 11.5 Å². The molecule has 0 aromatic heterocycles. The highest BCUT2D eigenvalue weighted by Crippen LogP contribution is 2.27. The zero-order valence-corrected chi connectivity index (χ0v) is 9.23. The number of aliphatic hydroxyl groups is 1. The van der Waals surface area contributed by atoms with Gasteiger partial charge in [-0.3, -0.25) is 0 Å². The Balaban J connectivity index is 3.02. The van der Waals surface area contributed by atoms with Gasteiger partial charge in [-0.1, -0.05) is 42.4 Å². The average Bonchev–Trinajstić information content (AvgIpc) is 1.85. The predicted molar refractivity (Wildman–Crippen MR) is 56.1 cm³/mol. The predicted octanol–water partition coefficient (Wildman–Crippen LogP) is 2.80. The molecule has 0 rings (SSSR count). The van der Waals surface area contributed by atoms with Gasteiger partial charge in [-0.15, -0.1) is 0 Å². The molecule has 0 fully saturated rings. The molecule has 3 heteroatoms. The quantitative estimate of drug-likeness (QED) is 0.537. The third kappa shape index (κ3) is 10.7. The van der Waals surface area contributed by atoms with Gasteiger partial charge in [-0.05, 0) is 11.8 Å². The van der Waals surface area contributed by atoms with Crippen LogP contribution in [0.2, 0.25) is 0 Å². The first-order valence-corrected chi connectivity index (χ1v) is 6.40. The van der Waals surface area contributed by atoms with Crippen molar-refractivity contribution in [3.05, 3.63) is 0 Å². The summed E-state index contributed by atoms with van der Waals surface area (Å²) in [5.74, 6) is 2.04. The third-order valence-electron chi connectivity index (χ3n) is 1.19. The summed E-state index contributed by atoms with van der Waals surface area (Å²) in [5.41, 5.74) is 0.451. The van der Waals surface area contributed by atoms with Crippen molar-refractivity contribution in [2.24, 2.45) is 5.41 Å². The Kier molecular flexibility index (Phi) is 6.58. The minimum atomic E-state index is 0.299. The fourth-order valence-electron chi connectivity index (χ4n) is 0.503. The Morgan fingerprint density at radius 2 is 1.64 bits per heavy atom. The van der Waals surface area contributed by atoms with Crippen LogP contribution in [0.4, 0.5) is 0 Å². The van der Waals surface area contributed by atoms with Crippen molar-refractivity contribution in [1.29, 1.82) is 0 Å². The smallest absolute Gasteiger partial charge is 0.0530 e. The molecule has 1 N–H and O–H groups in total. The van der Waals surface area contributed by atoms with Crippen molar-refractivity contribution in [3.63, 3.8) is 0 Å². The van der Waals surface area contributed by atoms with Gasteiger partial charge in [0.05, 0.1) is 6.61 Å². The SMILES string of the molecule is CC(C)(C)CCSSCCO. The Labute approximate surface area is 77.7 Å². The molecule has 0 spiro atoms. The summed E-state index contributed by atoms with van der Waals surface area (Å²) >= 11 is 0. The van der Waals surface area contributed by atoms with E-state index in [4.69, 9.17) is 5.11 Å². The lowest BCUT2D eigenvalue weighted by Gasteiger charge is -2.16. The van der Waals surface area contributed by atoms with Gasteiger partial charge in [0.1, 0.15) is 0 Å². The van der Waals surface area contributed by atoms with Crippen LogP contribution in [0.5, 0.6) is 0 Å². The molecule has 0 atom stereocenters. The molecule has 0 amide bonds. The van der Waals surface area contributed by atoms with E-state index in [0.717, 1.165) is 5.75 Å². The highest BCUT2D eigenvalue weighted by atomic mass is 33.1. The minimum Gasteiger partial charge on any atom is -0.395 e. The van der Waals surface area contributed by atoms with Crippen LogP contribution in [0.3, 0.4) is 0 Å². The molecule has 0 aromatic rings. The Bertz CT molecular complexity index is 88.6. The Morgan fingerprint density at radius 3 is 2.09 bits per heavy atom. The normalized spacial score (nSPS) is 12.0.